The number of nitriles is 1. The van der Waals surface area contributed by atoms with Crippen molar-refractivity contribution in [3.05, 3.63) is 42.0 Å². The molecule has 1 fully saturated rings. The van der Waals surface area contributed by atoms with Crippen molar-refractivity contribution in [2.45, 2.75) is 12.1 Å². The number of rotatable bonds is 7. The van der Waals surface area contributed by atoms with Crippen molar-refractivity contribution in [1.82, 2.24) is 19.6 Å². The Labute approximate surface area is 150 Å². The van der Waals surface area contributed by atoms with Crippen LogP contribution >= 0.6 is 11.9 Å². The average molecular weight is 353 g/mol. The van der Waals surface area contributed by atoms with E-state index < -0.39 is 5.54 Å². The third-order valence-electron chi connectivity index (χ3n) is 4.05. The van der Waals surface area contributed by atoms with Gasteiger partial charge in [0.1, 0.15) is 11.5 Å². The summed E-state index contributed by atoms with van der Waals surface area (Å²) in [5.41, 5.74) is 1.35. The Morgan fingerprint density at radius 3 is 3.16 bits per heavy atom. The fourth-order valence-electron chi connectivity index (χ4n) is 2.67. The van der Waals surface area contributed by atoms with E-state index in [4.69, 9.17) is 0 Å². The van der Waals surface area contributed by atoms with E-state index in [-0.39, 0.29) is 0 Å². The van der Waals surface area contributed by atoms with Crippen molar-refractivity contribution in [2.75, 3.05) is 19.3 Å². The van der Waals surface area contributed by atoms with Crippen LogP contribution in [0.2, 0.25) is 0 Å². The Bertz CT molecular complexity index is 855. The summed E-state index contributed by atoms with van der Waals surface area (Å²) in [6.45, 7) is 5.41. The lowest BCUT2D eigenvalue weighted by molar-refractivity contribution is 0.195. The minimum Gasteiger partial charge on any atom is -0.350 e. The lowest BCUT2D eigenvalue weighted by Gasteiger charge is -2.44. The minimum atomic E-state index is -0.605. The predicted molar refractivity (Wildman–Crippen MR) is 102 cm³/mol. The molecule has 3 rings (SSSR count). The molecule has 0 unspecified atom stereocenters. The average Bonchev–Trinajstić information content (AvgIpc) is 3.09. The highest BCUT2D eigenvalue weighted by Crippen LogP contribution is 2.26. The zero-order valence-electron chi connectivity index (χ0n) is 13.9. The Hall–Kier alpha value is -2.63. The van der Waals surface area contributed by atoms with Gasteiger partial charge in [0.25, 0.3) is 0 Å². The Morgan fingerprint density at radius 2 is 2.44 bits per heavy atom. The maximum atomic E-state index is 9.41. The molecule has 0 amide bonds. The van der Waals surface area contributed by atoms with Gasteiger partial charge in [-0.3, -0.25) is 4.99 Å². The first-order valence-electron chi connectivity index (χ1n) is 7.76. The number of pyridine rings is 1. The van der Waals surface area contributed by atoms with Crippen LogP contribution in [0.5, 0.6) is 0 Å². The van der Waals surface area contributed by atoms with Gasteiger partial charge < -0.3 is 10.3 Å². The number of aromatic amines is 1. The van der Waals surface area contributed by atoms with Gasteiger partial charge in [-0.1, -0.05) is 11.9 Å². The monoisotopic (exact) mass is 353 g/mol. The molecule has 0 aromatic carbocycles. The van der Waals surface area contributed by atoms with Gasteiger partial charge in [-0.05, 0) is 36.7 Å². The quantitative estimate of drug-likeness (QED) is 0.587. The van der Waals surface area contributed by atoms with Crippen molar-refractivity contribution < 1.29 is 0 Å². The normalized spacial score (nSPS) is 17.4. The number of nitrogens with zero attached hydrogens (tertiary/aromatic N) is 5. The highest BCUT2D eigenvalue weighted by atomic mass is 32.2. The van der Waals surface area contributed by atoms with Crippen LogP contribution in [-0.4, -0.2) is 52.1 Å². The lowest BCUT2D eigenvalue weighted by Crippen LogP contribution is -2.65. The highest BCUT2D eigenvalue weighted by molar-refractivity contribution is 7.96. The lowest BCUT2D eigenvalue weighted by atomic mass is 9.94. The van der Waals surface area contributed by atoms with Crippen molar-refractivity contribution >= 4 is 35.9 Å². The molecular formula is C17H19N7S. The molecule has 3 heterocycles. The van der Waals surface area contributed by atoms with E-state index in [1.165, 1.54) is 0 Å². The fraction of sp³-hybridized carbons (Fsp3) is 0.294. The van der Waals surface area contributed by atoms with Gasteiger partial charge >= 0.3 is 0 Å². The number of aliphatic imine (C=N–C) groups is 2. The van der Waals surface area contributed by atoms with E-state index in [0.717, 1.165) is 16.6 Å². The standard InChI is InChI=1S/C17H19N7S/c1-19-15(23-17(10-18)11-24(12-17)25-2)5-6-20-9-13-3-7-21-16-14(13)4-8-22-16/h3-8,23H,1,9,11-12H2,2H3,(H,21,22)/b15-5+,20-6-. The molecule has 0 radical (unpaired) electrons. The Morgan fingerprint density at radius 1 is 1.60 bits per heavy atom. The number of aromatic nitrogens is 2. The fourth-order valence-corrected chi connectivity index (χ4v) is 3.37. The van der Waals surface area contributed by atoms with E-state index in [0.29, 0.717) is 25.5 Å². The van der Waals surface area contributed by atoms with E-state index in [1.807, 2.05) is 24.6 Å². The molecule has 7 nitrogen and oxygen atoms in total. The van der Waals surface area contributed by atoms with Crippen LogP contribution in [0.4, 0.5) is 0 Å². The summed E-state index contributed by atoms with van der Waals surface area (Å²) in [7, 11) is 0. The second-order valence-corrected chi connectivity index (χ2v) is 6.59. The van der Waals surface area contributed by atoms with E-state index in [9.17, 15) is 5.26 Å². The second-order valence-electron chi connectivity index (χ2n) is 5.71. The molecule has 2 N–H and O–H groups in total. The smallest absolute Gasteiger partial charge is 0.153 e. The summed E-state index contributed by atoms with van der Waals surface area (Å²) < 4.78 is 2.11. The summed E-state index contributed by atoms with van der Waals surface area (Å²) in [6, 6.07) is 6.28. The molecule has 1 saturated heterocycles. The number of nitrogens with one attached hydrogen (secondary N) is 2. The van der Waals surface area contributed by atoms with Crippen molar-refractivity contribution in [1.29, 1.82) is 5.26 Å². The minimum absolute atomic E-state index is 0.543. The van der Waals surface area contributed by atoms with E-state index in [1.54, 1.807) is 30.4 Å². The second kappa shape index (κ2) is 7.51. The molecular weight excluding hydrogens is 334 g/mol. The number of hydrogen-bond donors (Lipinski definition) is 2. The maximum absolute atomic E-state index is 9.41. The van der Waals surface area contributed by atoms with Crippen molar-refractivity contribution in [3.8, 4) is 6.07 Å². The van der Waals surface area contributed by atoms with Crippen LogP contribution in [0.15, 0.2) is 46.4 Å². The Balaban J connectivity index is 1.63. The SMILES string of the molecule is C=N/C(=C\C=N/Cc1ccnc2[nH]ccc12)NC1(C#N)CN(SC)C1. The first-order valence-corrected chi connectivity index (χ1v) is 8.94. The van der Waals surface area contributed by atoms with E-state index >= 15 is 0 Å². The van der Waals surface area contributed by atoms with Gasteiger partial charge in [0, 0.05) is 37.1 Å². The third kappa shape index (κ3) is 3.73. The molecule has 0 saturated carbocycles. The molecule has 0 spiro atoms. The van der Waals surface area contributed by atoms with Crippen LogP contribution in [0.1, 0.15) is 5.56 Å². The summed E-state index contributed by atoms with van der Waals surface area (Å²) in [4.78, 5) is 15.7. The van der Waals surface area contributed by atoms with Gasteiger partial charge in [0.2, 0.25) is 0 Å². The van der Waals surface area contributed by atoms with Crippen LogP contribution in [0.3, 0.4) is 0 Å². The summed E-state index contributed by atoms with van der Waals surface area (Å²) in [6.07, 6.45) is 9.06. The van der Waals surface area contributed by atoms with Crippen LogP contribution in [0, 0.1) is 11.3 Å². The number of allylic oxidation sites excluding steroid dienone is 1. The first kappa shape index (κ1) is 17.2. The summed E-state index contributed by atoms with van der Waals surface area (Å²) in [5.74, 6) is 0.549. The molecule has 0 atom stereocenters. The van der Waals surface area contributed by atoms with Gasteiger partial charge in [-0.2, -0.15) is 5.26 Å². The summed E-state index contributed by atoms with van der Waals surface area (Å²) in [5, 5.41) is 13.6. The third-order valence-corrected chi connectivity index (χ3v) is 4.83. The Kier molecular flexibility index (Phi) is 5.16. The molecule has 0 bridgehead atoms. The number of hydrogen-bond acceptors (Lipinski definition) is 7. The molecule has 1 aliphatic heterocycles. The van der Waals surface area contributed by atoms with Crippen LogP contribution < -0.4 is 5.32 Å². The molecule has 2 aromatic heterocycles. The summed E-state index contributed by atoms with van der Waals surface area (Å²) >= 11 is 1.63. The molecule has 128 valence electrons. The van der Waals surface area contributed by atoms with E-state index in [2.05, 4.69) is 42.4 Å². The van der Waals surface area contributed by atoms with Crippen molar-refractivity contribution in [3.63, 3.8) is 0 Å². The topological polar surface area (TPSA) is 92.5 Å². The molecule has 0 aliphatic carbocycles. The van der Waals surface area contributed by atoms with Gasteiger partial charge in [0.15, 0.2) is 5.54 Å². The number of fused-ring (bicyclic) bond motifs is 1. The van der Waals surface area contributed by atoms with Gasteiger partial charge in [-0.25, -0.2) is 14.3 Å². The molecule has 8 heteroatoms. The first-order chi connectivity index (χ1) is 12.2. The predicted octanol–water partition coefficient (Wildman–Crippen LogP) is 2.12. The van der Waals surface area contributed by atoms with Gasteiger partial charge in [0.05, 0.1) is 12.6 Å². The molecule has 2 aromatic rings. The van der Waals surface area contributed by atoms with Crippen LogP contribution in [0.25, 0.3) is 11.0 Å². The van der Waals surface area contributed by atoms with Crippen LogP contribution in [-0.2, 0) is 6.54 Å². The van der Waals surface area contributed by atoms with Gasteiger partial charge in [-0.15, -0.1) is 0 Å². The zero-order chi connectivity index (χ0) is 17.7. The largest absolute Gasteiger partial charge is 0.350 e. The zero-order valence-corrected chi connectivity index (χ0v) is 14.8. The maximum Gasteiger partial charge on any atom is 0.153 e. The highest BCUT2D eigenvalue weighted by Gasteiger charge is 2.43. The number of H-pyrrole nitrogens is 1. The van der Waals surface area contributed by atoms with Crippen molar-refractivity contribution in [2.24, 2.45) is 9.98 Å². The molecule has 1 aliphatic rings. The molecule has 25 heavy (non-hydrogen) atoms.